The number of nitrogens with one attached hydrogen (secondary N) is 2. The highest BCUT2D eigenvalue weighted by molar-refractivity contribution is 8.03. The summed E-state index contributed by atoms with van der Waals surface area (Å²) in [6.07, 6.45) is 4.30. The van der Waals surface area contributed by atoms with E-state index in [0.29, 0.717) is 11.6 Å². The quantitative estimate of drug-likeness (QED) is 0.510. The van der Waals surface area contributed by atoms with Crippen LogP contribution in [0, 0.1) is 16.6 Å². The van der Waals surface area contributed by atoms with E-state index in [2.05, 4.69) is 17.6 Å². The van der Waals surface area contributed by atoms with Crippen LogP contribution in [0.4, 0.5) is 5.69 Å². The van der Waals surface area contributed by atoms with E-state index >= 15 is 0 Å². The molecular weight excluding hydrogens is 298 g/mol. The third-order valence-electron chi connectivity index (χ3n) is 3.91. The Morgan fingerprint density at radius 2 is 1.86 bits per heavy atom. The summed E-state index contributed by atoms with van der Waals surface area (Å²) in [5, 5.41) is 15.9. The van der Waals surface area contributed by atoms with Gasteiger partial charge in [0.25, 0.3) is 0 Å². The van der Waals surface area contributed by atoms with Crippen molar-refractivity contribution in [3.05, 3.63) is 24.3 Å². The number of nitrogens with zero attached hydrogens (tertiary/aromatic N) is 1. The van der Waals surface area contributed by atoms with Gasteiger partial charge in [-0.2, -0.15) is 5.26 Å². The van der Waals surface area contributed by atoms with Gasteiger partial charge in [-0.05, 0) is 54.8 Å². The monoisotopic (exact) mass is 317 g/mol. The first kappa shape index (κ1) is 16.4. The van der Waals surface area contributed by atoms with Crippen molar-refractivity contribution < 1.29 is 9.59 Å². The summed E-state index contributed by atoms with van der Waals surface area (Å²) in [6, 6.07) is 6.89. The van der Waals surface area contributed by atoms with Crippen molar-refractivity contribution in [1.29, 1.82) is 5.26 Å². The number of nitriles is 1. The highest BCUT2D eigenvalue weighted by Gasteiger charge is 2.25. The molecule has 1 aliphatic rings. The zero-order valence-electron chi connectivity index (χ0n) is 12.5. The predicted molar refractivity (Wildman–Crippen MR) is 86.1 cm³/mol. The lowest BCUT2D eigenvalue weighted by Gasteiger charge is -2.29. The van der Waals surface area contributed by atoms with E-state index < -0.39 is 11.8 Å². The van der Waals surface area contributed by atoms with Crippen LogP contribution < -0.4 is 10.6 Å². The van der Waals surface area contributed by atoms with Gasteiger partial charge in [0.05, 0.1) is 0 Å². The molecular formula is C16H19N3O2S. The number of anilines is 1. The average molecular weight is 317 g/mol. The van der Waals surface area contributed by atoms with E-state index in [1.165, 1.54) is 6.42 Å². The van der Waals surface area contributed by atoms with Gasteiger partial charge >= 0.3 is 11.8 Å². The Morgan fingerprint density at radius 3 is 2.50 bits per heavy atom. The lowest BCUT2D eigenvalue weighted by molar-refractivity contribution is -0.137. The van der Waals surface area contributed by atoms with Crippen LogP contribution >= 0.6 is 11.8 Å². The van der Waals surface area contributed by atoms with Crippen LogP contribution in [0.2, 0.25) is 0 Å². The lowest BCUT2D eigenvalue weighted by Crippen LogP contribution is -2.45. The maximum Gasteiger partial charge on any atom is 0.313 e. The molecule has 1 aromatic rings. The summed E-state index contributed by atoms with van der Waals surface area (Å²) in [7, 11) is 0. The fourth-order valence-corrected chi connectivity index (χ4v) is 2.99. The standard InChI is InChI=1S/C16H19N3O2S/c1-11-4-2-3-5-14(11)19-16(21)15(20)18-12-6-8-13(9-7-12)22-10-17/h6-9,11,14H,2-5H2,1H3,(H,18,20)(H,19,21). The number of carbonyl (C=O) groups excluding carboxylic acids is 2. The SMILES string of the molecule is CC1CCCCC1NC(=O)C(=O)Nc1ccc(SC#N)cc1. The zero-order chi connectivity index (χ0) is 15.9. The second-order valence-corrected chi connectivity index (χ2v) is 6.37. The number of carbonyl (C=O) groups is 2. The van der Waals surface area contributed by atoms with E-state index in [1.807, 2.05) is 5.40 Å². The number of thioether (sulfide) groups is 1. The minimum atomic E-state index is -0.654. The van der Waals surface area contributed by atoms with Crippen molar-refractivity contribution in [3.63, 3.8) is 0 Å². The maximum atomic E-state index is 12.0. The maximum absolute atomic E-state index is 12.0. The molecule has 1 aromatic carbocycles. The Bertz CT molecular complexity index is 580. The Morgan fingerprint density at radius 1 is 1.18 bits per heavy atom. The van der Waals surface area contributed by atoms with Gasteiger partial charge in [0, 0.05) is 16.6 Å². The molecule has 1 aliphatic carbocycles. The number of benzene rings is 1. The van der Waals surface area contributed by atoms with Gasteiger partial charge in [-0.1, -0.05) is 19.8 Å². The fraction of sp³-hybridized carbons (Fsp3) is 0.438. The molecule has 2 atom stereocenters. The average Bonchev–Trinajstić information content (AvgIpc) is 2.51. The van der Waals surface area contributed by atoms with Gasteiger partial charge in [0.1, 0.15) is 5.40 Å². The van der Waals surface area contributed by atoms with Crippen LogP contribution in [0.5, 0.6) is 0 Å². The van der Waals surface area contributed by atoms with Crippen molar-refractivity contribution >= 4 is 29.3 Å². The highest BCUT2D eigenvalue weighted by Crippen LogP contribution is 2.23. The Balaban J connectivity index is 1.88. The van der Waals surface area contributed by atoms with E-state index in [1.54, 1.807) is 24.3 Å². The number of amides is 2. The van der Waals surface area contributed by atoms with Gasteiger partial charge < -0.3 is 10.6 Å². The van der Waals surface area contributed by atoms with Crippen LogP contribution in [-0.2, 0) is 9.59 Å². The van der Waals surface area contributed by atoms with Crippen molar-refractivity contribution in [2.24, 2.45) is 5.92 Å². The molecule has 2 unspecified atom stereocenters. The third-order valence-corrected chi connectivity index (χ3v) is 4.51. The van der Waals surface area contributed by atoms with E-state index in [9.17, 15) is 9.59 Å². The molecule has 0 saturated heterocycles. The zero-order valence-corrected chi connectivity index (χ0v) is 13.3. The van der Waals surface area contributed by atoms with Crippen LogP contribution in [0.3, 0.4) is 0 Å². The van der Waals surface area contributed by atoms with Gasteiger partial charge in [0.2, 0.25) is 0 Å². The third kappa shape index (κ3) is 4.50. The first-order chi connectivity index (χ1) is 10.6. The number of thiocyanates is 1. The molecule has 2 amide bonds. The highest BCUT2D eigenvalue weighted by atomic mass is 32.2. The van der Waals surface area contributed by atoms with Crippen molar-refractivity contribution in [3.8, 4) is 5.40 Å². The topological polar surface area (TPSA) is 82.0 Å². The summed E-state index contributed by atoms with van der Waals surface area (Å²) in [6.45, 7) is 2.10. The predicted octanol–water partition coefficient (Wildman–Crippen LogP) is 2.89. The molecule has 0 spiro atoms. The lowest BCUT2D eigenvalue weighted by atomic mass is 9.86. The van der Waals surface area contributed by atoms with Crippen LogP contribution in [-0.4, -0.2) is 17.9 Å². The Hall–Kier alpha value is -2.00. The Kier molecular flexibility index (Phi) is 5.84. The van der Waals surface area contributed by atoms with E-state index in [0.717, 1.165) is 35.9 Å². The summed E-state index contributed by atoms with van der Waals surface area (Å²) >= 11 is 1.05. The van der Waals surface area contributed by atoms with Crippen molar-refractivity contribution in [2.75, 3.05) is 5.32 Å². The number of hydrogen-bond acceptors (Lipinski definition) is 4. The second-order valence-electron chi connectivity index (χ2n) is 5.51. The smallest absolute Gasteiger partial charge is 0.313 e. The molecule has 0 aromatic heterocycles. The number of rotatable bonds is 3. The minimum absolute atomic E-state index is 0.0846. The van der Waals surface area contributed by atoms with Gasteiger partial charge in [0.15, 0.2) is 0 Å². The summed E-state index contributed by atoms with van der Waals surface area (Å²) in [5.74, 6) is -0.833. The molecule has 6 heteroatoms. The molecule has 2 N–H and O–H groups in total. The molecule has 0 heterocycles. The molecule has 5 nitrogen and oxygen atoms in total. The molecule has 1 fully saturated rings. The van der Waals surface area contributed by atoms with Crippen LogP contribution in [0.1, 0.15) is 32.6 Å². The fourth-order valence-electron chi connectivity index (χ4n) is 2.61. The first-order valence-corrected chi connectivity index (χ1v) is 8.19. The molecule has 0 radical (unpaired) electrons. The summed E-state index contributed by atoms with van der Waals surface area (Å²) in [4.78, 5) is 24.7. The summed E-state index contributed by atoms with van der Waals surface area (Å²) in [5.41, 5.74) is 0.541. The molecule has 1 saturated carbocycles. The van der Waals surface area contributed by atoms with Gasteiger partial charge in [-0.15, -0.1) is 0 Å². The minimum Gasteiger partial charge on any atom is -0.345 e. The van der Waals surface area contributed by atoms with Crippen LogP contribution in [0.25, 0.3) is 0 Å². The van der Waals surface area contributed by atoms with E-state index in [4.69, 9.17) is 5.26 Å². The molecule has 2 rings (SSSR count). The molecule has 0 aliphatic heterocycles. The summed E-state index contributed by atoms with van der Waals surface area (Å²) < 4.78 is 0. The first-order valence-electron chi connectivity index (χ1n) is 7.38. The second kappa shape index (κ2) is 7.85. The molecule has 116 valence electrons. The largest absolute Gasteiger partial charge is 0.345 e. The van der Waals surface area contributed by atoms with Crippen LogP contribution in [0.15, 0.2) is 29.2 Å². The van der Waals surface area contributed by atoms with Gasteiger partial charge in [-0.3, -0.25) is 9.59 Å². The molecule has 0 bridgehead atoms. The van der Waals surface area contributed by atoms with Crippen molar-refractivity contribution in [2.45, 2.75) is 43.5 Å². The normalized spacial score (nSPS) is 20.7. The van der Waals surface area contributed by atoms with E-state index in [-0.39, 0.29) is 6.04 Å². The van der Waals surface area contributed by atoms with Gasteiger partial charge in [-0.25, -0.2) is 0 Å². The molecule has 22 heavy (non-hydrogen) atoms. The number of hydrogen-bond donors (Lipinski definition) is 2. The Labute approximate surface area is 134 Å². The van der Waals surface area contributed by atoms with Crippen molar-refractivity contribution in [1.82, 2.24) is 5.32 Å².